The van der Waals surface area contributed by atoms with Gasteiger partial charge in [0.05, 0.1) is 6.42 Å². The number of para-hydroxylation sites is 1. The molecule has 1 fully saturated rings. The summed E-state index contributed by atoms with van der Waals surface area (Å²) < 4.78 is 45.6. The Balaban J connectivity index is 1.42. The summed E-state index contributed by atoms with van der Waals surface area (Å²) in [5.41, 5.74) is 1.17. The van der Waals surface area contributed by atoms with E-state index in [0.29, 0.717) is 11.3 Å². The number of hydrogen-bond acceptors (Lipinski definition) is 5. The maximum absolute atomic E-state index is 13.9. The fourth-order valence-corrected chi connectivity index (χ4v) is 4.78. The highest BCUT2D eigenvalue weighted by Crippen LogP contribution is 2.22. The lowest BCUT2D eigenvalue weighted by molar-refractivity contribution is -0.131. The molecule has 3 aromatic rings. The van der Waals surface area contributed by atoms with Gasteiger partial charge in [0.2, 0.25) is 15.9 Å². The zero-order valence-corrected chi connectivity index (χ0v) is 15.7. The summed E-state index contributed by atoms with van der Waals surface area (Å²) in [5, 5.41) is 4.75. The van der Waals surface area contributed by atoms with E-state index >= 15 is 0 Å². The van der Waals surface area contributed by atoms with Crippen LogP contribution in [0.1, 0.15) is 5.69 Å². The normalized spacial score (nSPS) is 15.8. The van der Waals surface area contributed by atoms with Crippen LogP contribution >= 0.6 is 0 Å². The van der Waals surface area contributed by atoms with Crippen LogP contribution in [-0.2, 0) is 21.2 Å². The zero-order chi connectivity index (χ0) is 19.7. The van der Waals surface area contributed by atoms with E-state index in [9.17, 15) is 17.6 Å². The van der Waals surface area contributed by atoms with Gasteiger partial charge in [-0.15, -0.1) is 0 Å². The van der Waals surface area contributed by atoms with E-state index in [1.165, 1.54) is 22.5 Å². The maximum Gasteiger partial charge on any atom is 0.246 e. The van der Waals surface area contributed by atoms with Crippen molar-refractivity contribution in [3.05, 3.63) is 60.0 Å². The summed E-state index contributed by atoms with van der Waals surface area (Å²) in [6, 6.07) is 12.6. The van der Waals surface area contributed by atoms with Crippen LogP contribution in [0.3, 0.4) is 0 Å². The van der Waals surface area contributed by atoms with Crippen molar-refractivity contribution in [1.29, 1.82) is 0 Å². The zero-order valence-electron chi connectivity index (χ0n) is 14.9. The van der Waals surface area contributed by atoms with Gasteiger partial charge in [-0.1, -0.05) is 29.4 Å². The van der Waals surface area contributed by atoms with Crippen molar-refractivity contribution in [2.45, 2.75) is 11.3 Å². The number of carbonyl (C=O) groups excluding carboxylic acids is 1. The number of piperazine rings is 1. The third kappa shape index (κ3) is 3.38. The molecule has 9 heteroatoms. The molecule has 146 valence electrons. The van der Waals surface area contributed by atoms with Crippen molar-refractivity contribution in [3.63, 3.8) is 0 Å². The van der Waals surface area contributed by atoms with Crippen LogP contribution in [0.15, 0.2) is 57.9 Å². The number of carbonyl (C=O) groups is 1. The minimum absolute atomic E-state index is 0.0804. The number of fused-ring (bicyclic) bond motifs is 1. The summed E-state index contributed by atoms with van der Waals surface area (Å²) in [4.78, 5) is 13.9. The molecule has 1 saturated heterocycles. The number of aromatic nitrogens is 1. The molecule has 0 saturated carbocycles. The molecule has 4 rings (SSSR count). The lowest BCUT2D eigenvalue weighted by Crippen LogP contribution is -2.51. The molecule has 1 aliphatic heterocycles. The molecule has 7 nitrogen and oxygen atoms in total. The number of halogens is 1. The van der Waals surface area contributed by atoms with Crippen LogP contribution in [0.5, 0.6) is 0 Å². The van der Waals surface area contributed by atoms with Crippen LogP contribution in [0.4, 0.5) is 4.39 Å². The fourth-order valence-electron chi connectivity index (χ4n) is 3.29. The molecule has 1 aromatic heterocycles. The van der Waals surface area contributed by atoms with Crippen molar-refractivity contribution < 1.29 is 22.1 Å². The van der Waals surface area contributed by atoms with Gasteiger partial charge in [0, 0.05) is 31.6 Å². The Morgan fingerprint density at radius 1 is 1.04 bits per heavy atom. The molecular formula is C19H18FN3O4S. The van der Waals surface area contributed by atoms with Gasteiger partial charge >= 0.3 is 0 Å². The van der Waals surface area contributed by atoms with Gasteiger partial charge in [-0.05, 0) is 24.3 Å². The second kappa shape index (κ2) is 7.33. The number of rotatable bonds is 4. The Hall–Kier alpha value is -2.78. The lowest BCUT2D eigenvalue weighted by Gasteiger charge is -2.34. The third-order valence-corrected chi connectivity index (χ3v) is 6.75. The lowest BCUT2D eigenvalue weighted by atomic mass is 10.1. The van der Waals surface area contributed by atoms with E-state index in [4.69, 9.17) is 4.52 Å². The van der Waals surface area contributed by atoms with Crippen LogP contribution < -0.4 is 0 Å². The van der Waals surface area contributed by atoms with E-state index < -0.39 is 15.8 Å². The number of benzene rings is 2. The van der Waals surface area contributed by atoms with Crippen molar-refractivity contribution in [1.82, 2.24) is 14.4 Å². The summed E-state index contributed by atoms with van der Waals surface area (Å²) in [6.45, 7) is 0.703. The first-order valence-electron chi connectivity index (χ1n) is 8.82. The topological polar surface area (TPSA) is 83.7 Å². The van der Waals surface area contributed by atoms with Crippen molar-refractivity contribution in [2.24, 2.45) is 0 Å². The predicted octanol–water partition coefficient (Wildman–Crippen LogP) is 2.04. The molecular weight excluding hydrogens is 385 g/mol. The first kappa shape index (κ1) is 18.6. The molecule has 0 radical (unpaired) electrons. The maximum atomic E-state index is 13.9. The number of sulfonamides is 1. The SMILES string of the molecule is O=C(Cc1noc2ccccc12)N1CCN(S(=O)(=O)c2ccccc2F)CC1. The fraction of sp³-hybridized carbons (Fsp3) is 0.263. The Morgan fingerprint density at radius 3 is 2.46 bits per heavy atom. The molecule has 0 atom stereocenters. The molecule has 2 aromatic carbocycles. The van der Waals surface area contributed by atoms with Crippen molar-refractivity contribution in [2.75, 3.05) is 26.2 Å². The van der Waals surface area contributed by atoms with E-state index in [0.717, 1.165) is 11.5 Å². The smallest absolute Gasteiger partial charge is 0.246 e. The van der Waals surface area contributed by atoms with Crippen LogP contribution in [-0.4, -0.2) is 54.9 Å². The van der Waals surface area contributed by atoms with Crippen molar-refractivity contribution in [3.8, 4) is 0 Å². The Kier molecular flexibility index (Phi) is 4.86. The Bertz CT molecular complexity index is 1120. The summed E-state index contributed by atoms with van der Waals surface area (Å²) in [6.07, 6.45) is 0.0804. The number of nitrogens with zero attached hydrogens (tertiary/aromatic N) is 3. The van der Waals surface area contributed by atoms with Crippen molar-refractivity contribution >= 4 is 26.9 Å². The van der Waals surface area contributed by atoms with Gasteiger partial charge in [0.25, 0.3) is 0 Å². The summed E-state index contributed by atoms with van der Waals surface area (Å²) in [5.74, 6) is -0.930. The van der Waals surface area contributed by atoms with E-state index in [1.807, 2.05) is 18.2 Å². The Labute approximate surface area is 161 Å². The minimum Gasteiger partial charge on any atom is -0.356 e. The van der Waals surface area contributed by atoms with E-state index in [1.54, 1.807) is 11.0 Å². The molecule has 0 unspecified atom stereocenters. The van der Waals surface area contributed by atoms with Crippen LogP contribution in [0.2, 0.25) is 0 Å². The standard InChI is InChI=1S/C19H18FN3O4S/c20-15-6-2-4-8-18(15)28(25,26)23-11-9-22(10-12-23)19(24)13-16-14-5-1-3-7-17(14)27-21-16/h1-8H,9-13H2. The first-order valence-corrected chi connectivity index (χ1v) is 10.3. The van der Waals surface area contributed by atoms with Gasteiger partial charge < -0.3 is 9.42 Å². The molecule has 2 heterocycles. The molecule has 0 N–H and O–H groups in total. The molecule has 28 heavy (non-hydrogen) atoms. The highest BCUT2D eigenvalue weighted by atomic mass is 32.2. The second-order valence-corrected chi connectivity index (χ2v) is 8.42. The second-order valence-electron chi connectivity index (χ2n) is 6.52. The van der Waals surface area contributed by atoms with E-state index in [2.05, 4.69) is 5.16 Å². The van der Waals surface area contributed by atoms with E-state index in [-0.39, 0.29) is 43.4 Å². The quantitative estimate of drug-likeness (QED) is 0.666. The molecule has 0 bridgehead atoms. The molecule has 1 aliphatic rings. The van der Waals surface area contributed by atoms with Crippen LogP contribution in [0.25, 0.3) is 11.0 Å². The molecule has 0 spiro atoms. The monoisotopic (exact) mass is 403 g/mol. The highest BCUT2D eigenvalue weighted by Gasteiger charge is 2.32. The first-order chi connectivity index (χ1) is 13.5. The highest BCUT2D eigenvalue weighted by molar-refractivity contribution is 7.89. The predicted molar refractivity (Wildman–Crippen MR) is 99.5 cm³/mol. The van der Waals surface area contributed by atoms with Gasteiger partial charge in [-0.25, -0.2) is 12.8 Å². The average molecular weight is 403 g/mol. The molecule has 1 amide bonds. The number of amides is 1. The minimum atomic E-state index is -3.93. The largest absolute Gasteiger partial charge is 0.356 e. The summed E-state index contributed by atoms with van der Waals surface area (Å²) in [7, 11) is -3.93. The molecule has 0 aliphatic carbocycles. The van der Waals surface area contributed by atoms with Gasteiger partial charge in [0.1, 0.15) is 16.4 Å². The Morgan fingerprint density at radius 2 is 1.71 bits per heavy atom. The number of hydrogen-bond donors (Lipinski definition) is 0. The van der Waals surface area contributed by atoms with Gasteiger partial charge in [-0.2, -0.15) is 4.31 Å². The summed E-state index contributed by atoms with van der Waals surface area (Å²) >= 11 is 0. The van der Waals surface area contributed by atoms with Crippen LogP contribution in [0, 0.1) is 5.82 Å². The van der Waals surface area contributed by atoms with Gasteiger partial charge in [0.15, 0.2) is 5.58 Å². The van der Waals surface area contributed by atoms with Gasteiger partial charge in [-0.3, -0.25) is 4.79 Å². The third-order valence-electron chi connectivity index (χ3n) is 4.82. The average Bonchev–Trinajstić information content (AvgIpc) is 3.11.